The zero-order chi connectivity index (χ0) is 10.7. The number of hydrogen-bond acceptors (Lipinski definition) is 2. The molecule has 1 aromatic rings. The van der Waals surface area contributed by atoms with Crippen LogP contribution < -0.4 is 5.32 Å². The van der Waals surface area contributed by atoms with Gasteiger partial charge < -0.3 is 10.1 Å². The molecule has 3 heteroatoms. The van der Waals surface area contributed by atoms with Crippen LogP contribution in [0.2, 0.25) is 5.02 Å². The summed E-state index contributed by atoms with van der Waals surface area (Å²) >= 11 is 6.13. The van der Waals surface area contributed by atoms with Crippen LogP contribution in [0.4, 0.5) is 0 Å². The van der Waals surface area contributed by atoms with Crippen molar-refractivity contribution in [1.29, 1.82) is 0 Å². The Morgan fingerprint density at radius 1 is 1.40 bits per heavy atom. The van der Waals surface area contributed by atoms with Crippen molar-refractivity contribution in [2.45, 2.75) is 6.04 Å². The van der Waals surface area contributed by atoms with E-state index in [0.29, 0.717) is 13.2 Å². The minimum absolute atomic E-state index is 0.165. The van der Waals surface area contributed by atoms with Crippen molar-refractivity contribution >= 4 is 11.6 Å². The Balaban J connectivity index is 2.16. The van der Waals surface area contributed by atoms with E-state index in [2.05, 4.69) is 11.9 Å². The molecular formula is C12H14ClNO. The summed E-state index contributed by atoms with van der Waals surface area (Å²) in [7, 11) is 0. The second-order valence-corrected chi connectivity index (χ2v) is 4.13. The summed E-state index contributed by atoms with van der Waals surface area (Å²) in [5.74, 6) is 0. The highest BCUT2D eigenvalue weighted by Crippen LogP contribution is 2.24. The van der Waals surface area contributed by atoms with Gasteiger partial charge in [0.1, 0.15) is 0 Å². The van der Waals surface area contributed by atoms with E-state index < -0.39 is 0 Å². The van der Waals surface area contributed by atoms with E-state index in [4.69, 9.17) is 16.3 Å². The van der Waals surface area contributed by atoms with E-state index in [0.717, 1.165) is 22.7 Å². The van der Waals surface area contributed by atoms with Gasteiger partial charge in [0.05, 0.1) is 19.3 Å². The molecule has 15 heavy (non-hydrogen) atoms. The average Bonchev–Trinajstić information content (AvgIpc) is 2.44. The quantitative estimate of drug-likeness (QED) is 0.739. The van der Waals surface area contributed by atoms with Crippen LogP contribution in [0.1, 0.15) is 11.6 Å². The summed E-state index contributed by atoms with van der Waals surface area (Å²) in [5.41, 5.74) is 2.17. The smallest absolute Gasteiger partial charge is 0.0687 e. The Bertz CT molecular complexity index is 364. The van der Waals surface area contributed by atoms with Gasteiger partial charge in [-0.1, -0.05) is 36.4 Å². The Morgan fingerprint density at radius 2 is 2.20 bits per heavy atom. The first-order valence-corrected chi connectivity index (χ1v) is 5.37. The van der Waals surface area contributed by atoms with Crippen molar-refractivity contribution in [3.63, 3.8) is 0 Å². The van der Waals surface area contributed by atoms with Gasteiger partial charge in [0, 0.05) is 11.6 Å². The monoisotopic (exact) mass is 223 g/mol. The lowest BCUT2D eigenvalue weighted by Gasteiger charge is -2.16. The van der Waals surface area contributed by atoms with E-state index in [1.54, 1.807) is 0 Å². The highest BCUT2D eigenvalue weighted by Gasteiger charge is 2.17. The van der Waals surface area contributed by atoms with Gasteiger partial charge in [0.15, 0.2) is 0 Å². The number of nitrogens with one attached hydrogen (secondary N) is 1. The average molecular weight is 224 g/mol. The van der Waals surface area contributed by atoms with Crippen LogP contribution in [0.5, 0.6) is 0 Å². The molecule has 0 bridgehead atoms. The minimum atomic E-state index is 0.165. The third-order valence-corrected chi connectivity index (χ3v) is 2.81. The van der Waals surface area contributed by atoms with Crippen molar-refractivity contribution in [3.05, 3.63) is 47.0 Å². The number of hydrogen-bond donors (Lipinski definition) is 1. The maximum Gasteiger partial charge on any atom is 0.0687 e. The van der Waals surface area contributed by atoms with Crippen LogP contribution in [0.15, 0.2) is 36.4 Å². The Kier molecular flexibility index (Phi) is 3.41. The molecule has 1 atom stereocenters. The maximum atomic E-state index is 6.13. The summed E-state index contributed by atoms with van der Waals surface area (Å²) in [5, 5.41) is 4.16. The van der Waals surface area contributed by atoms with Crippen LogP contribution in [0.25, 0.3) is 0 Å². The lowest BCUT2D eigenvalue weighted by molar-refractivity contribution is 0.146. The summed E-state index contributed by atoms with van der Waals surface area (Å²) < 4.78 is 5.51. The molecule has 1 unspecified atom stereocenters. The van der Waals surface area contributed by atoms with Gasteiger partial charge in [-0.3, -0.25) is 0 Å². The molecule has 1 fully saturated rings. The third kappa shape index (κ3) is 2.59. The van der Waals surface area contributed by atoms with E-state index in [1.807, 2.05) is 24.3 Å². The predicted molar refractivity (Wildman–Crippen MR) is 62.2 cm³/mol. The molecule has 2 rings (SSSR count). The molecule has 1 aromatic carbocycles. The van der Waals surface area contributed by atoms with Crippen LogP contribution in [-0.2, 0) is 4.74 Å². The van der Waals surface area contributed by atoms with Gasteiger partial charge >= 0.3 is 0 Å². The lowest BCUT2D eigenvalue weighted by atomic mass is 10.1. The number of rotatable bonds is 1. The van der Waals surface area contributed by atoms with Crippen LogP contribution >= 0.6 is 11.6 Å². The molecule has 0 radical (unpaired) electrons. The fourth-order valence-corrected chi connectivity index (χ4v) is 1.92. The highest BCUT2D eigenvalue weighted by molar-refractivity contribution is 6.31. The second kappa shape index (κ2) is 4.79. The van der Waals surface area contributed by atoms with Gasteiger partial charge in [0.2, 0.25) is 0 Å². The molecule has 1 aliphatic heterocycles. The second-order valence-electron chi connectivity index (χ2n) is 3.72. The molecule has 0 aromatic heterocycles. The number of halogens is 1. The predicted octanol–water partition coefficient (Wildman–Crippen LogP) is 2.56. The van der Waals surface area contributed by atoms with Gasteiger partial charge in [-0.25, -0.2) is 0 Å². The third-order valence-electron chi connectivity index (χ3n) is 2.47. The lowest BCUT2D eigenvalue weighted by Crippen LogP contribution is -2.24. The molecule has 0 aliphatic carbocycles. The minimum Gasteiger partial charge on any atom is -0.375 e. The first kappa shape index (κ1) is 10.7. The van der Waals surface area contributed by atoms with Gasteiger partial charge in [0.25, 0.3) is 0 Å². The Labute approximate surface area is 94.9 Å². The molecule has 0 saturated carbocycles. The van der Waals surface area contributed by atoms with Crippen molar-refractivity contribution in [2.24, 2.45) is 0 Å². The summed E-state index contributed by atoms with van der Waals surface area (Å²) in [6.45, 7) is 5.97. The van der Waals surface area contributed by atoms with Gasteiger partial charge in [-0.15, -0.1) is 0 Å². The molecule has 0 spiro atoms. The SMILES string of the molecule is C=C1CNC(c2ccccc2Cl)COC1. The van der Waals surface area contributed by atoms with Gasteiger partial charge in [-0.2, -0.15) is 0 Å². The number of benzene rings is 1. The van der Waals surface area contributed by atoms with Crippen LogP contribution in [0.3, 0.4) is 0 Å². The molecule has 1 N–H and O–H groups in total. The summed E-state index contributed by atoms with van der Waals surface area (Å²) in [4.78, 5) is 0. The number of ether oxygens (including phenoxy) is 1. The first-order chi connectivity index (χ1) is 7.27. The van der Waals surface area contributed by atoms with Crippen molar-refractivity contribution in [3.8, 4) is 0 Å². The first-order valence-electron chi connectivity index (χ1n) is 4.99. The topological polar surface area (TPSA) is 21.3 Å². The highest BCUT2D eigenvalue weighted by atomic mass is 35.5. The summed E-state index contributed by atoms with van der Waals surface area (Å²) in [6, 6.07) is 8.01. The molecule has 80 valence electrons. The maximum absolute atomic E-state index is 6.13. The van der Waals surface area contributed by atoms with Crippen molar-refractivity contribution < 1.29 is 4.74 Å². The molecule has 2 nitrogen and oxygen atoms in total. The fourth-order valence-electron chi connectivity index (χ4n) is 1.66. The zero-order valence-electron chi connectivity index (χ0n) is 8.50. The molecule has 1 heterocycles. The van der Waals surface area contributed by atoms with E-state index in [9.17, 15) is 0 Å². The van der Waals surface area contributed by atoms with E-state index in [-0.39, 0.29) is 6.04 Å². The standard InChI is InChI=1S/C12H14ClNO/c1-9-6-14-12(8-15-7-9)10-4-2-3-5-11(10)13/h2-5,12,14H,1,6-8H2. The van der Waals surface area contributed by atoms with Crippen LogP contribution in [-0.4, -0.2) is 19.8 Å². The molecule has 1 aliphatic rings. The van der Waals surface area contributed by atoms with Crippen molar-refractivity contribution in [2.75, 3.05) is 19.8 Å². The molecule has 1 saturated heterocycles. The molecule has 0 amide bonds. The Morgan fingerprint density at radius 3 is 3.00 bits per heavy atom. The molecular weight excluding hydrogens is 210 g/mol. The summed E-state index contributed by atoms with van der Waals surface area (Å²) in [6.07, 6.45) is 0. The van der Waals surface area contributed by atoms with Crippen molar-refractivity contribution in [1.82, 2.24) is 5.32 Å². The normalized spacial score (nSPS) is 22.5. The largest absolute Gasteiger partial charge is 0.375 e. The zero-order valence-corrected chi connectivity index (χ0v) is 9.26. The Hall–Kier alpha value is -0.830. The van der Waals surface area contributed by atoms with E-state index in [1.165, 1.54) is 0 Å². The fraction of sp³-hybridized carbons (Fsp3) is 0.333. The van der Waals surface area contributed by atoms with Gasteiger partial charge in [-0.05, 0) is 17.2 Å². The van der Waals surface area contributed by atoms with Crippen LogP contribution in [0, 0.1) is 0 Å². The van der Waals surface area contributed by atoms with E-state index >= 15 is 0 Å².